The van der Waals surface area contributed by atoms with E-state index in [1.807, 2.05) is 24.3 Å². The van der Waals surface area contributed by atoms with Crippen molar-refractivity contribution in [2.75, 3.05) is 11.1 Å². The summed E-state index contributed by atoms with van der Waals surface area (Å²) in [5.74, 6) is 0.494. The number of anilines is 2. The van der Waals surface area contributed by atoms with Gasteiger partial charge in [-0.1, -0.05) is 6.07 Å². The van der Waals surface area contributed by atoms with E-state index in [0.717, 1.165) is 18.5 Å². The van der Waals surface area contributed by atoms with Crippen molar-refractivity contribution in [2.45, 2.75) is 18.9 Å². The number of fused-ring (bicyclic) bond motifs is 1. The van der Waals surface area contributed by atoms with Crippen LogP contribution in [0.25, 0.3) is 0 Å². The van der Waals surface area contributed by atoms with Gasteiger partial charge < -0.3 is 11.1 Å². The molecule has 2 aromatic rings. The maximum Gasteiger partial charge on any atom is 0.224 e. The average Bonchev–Trinajstić information content (AvgIpc) is 2.81. The van der Waals surface area contributed by atoms with Crippen LogP contribution in [-0.2, 0) is 6.42 Å². The van der Waals surface area contributed by atoms with Crippen LogP contribution in [0, 0.1) is 11.3 Å². The molecule has 0 amide bonds. The van der Waals surface area contributed by atoms with E-state index in [9.17, 15) is 0 Å². The monoisotopic (exact) mass is 251 g/mol. The number of hydrogen-bond acceptors (Lipinski definition) is 5. The van der Waals surface area contributed by atoms with E-state index in [0.29, 0.717) is 11.6 Å². The van der Waals surface area contributed by atoms with Crippen LogP contribution in [0.5, 0.6) is 0 Å². The van der Waals surface area contributed by atoms with Gasteiger partial charge in [0.05, 0.1) is 6.04 Å². The van der Waals surface area contributed by atoms with Crippen LogP contribution >= 0.6 is 0 Å². The minimum absolute atomic E-state index is 0.185. The lowest BCUT2D eigenvalue weighted by molar-refractivity contribution is 0.750. The molecule has 1 atom stereocenters. The summed E-state index contributed by atoms with van der Waals surface area (Å²) >= 11 is 0. The standard InChI is InChI=1S/C14H13N5/c15-8-11-5-6-17-14(18-11)19-13-4-1-9-7-10(16)2-3-12(9)13/h2-3,5-7,13H,1,4,16H2,(H,17,18,19). The first-order chi connectivity index (χ1) is 9.26. The lowest BCUT2D eigenvalue weighted by atomic mass is 10.1. The number of nitrogen functional groups attached to an aromatic ring is 1. The summed E-state index contributed by atoms with van der Waals surface area (Å²) in [7, 11) is 0. The number of rotatable bonds is 2. The Labute approximate surface area is 111 Å². The molecule has 0 spiro atoms. The molecule has 5 nitrogen and oxygen atoms in total. The van der Waals surface area contributed by atoms with E-state index in [1.165, 1.54) is 11.1 Å². The molecule has 0 saturated carbocycles. The zero-order chi connectivity index (χ0) is 13.2. The second-order valence-electron chi connectivity index (χ2n) is 4.57. The Morgan fingerprint density at radius 3 is 3.11 bits per heavy atom. The number of nitriles is 1. The van der Waals surface area contributed by atoms with Crippen LogP contribution in [0.4, 0.5) is 11.6 Å². The van der Waals surface area contributed by atoms with Crippen LogP contribution in [-0.4, -0.2) is 9.97 Å². The van der Waals surface area contributed by atoms with Gasteiger partial charge in [0.25, 0.3) is 0 Å². The van der Waals surface area contributed by atoms with Gasteiger partial charge in [-0.3, -0.25) is 0 Å². The molecule has 1 aliphatic rings. The van der Waals surface area contributed by atoms with Crippen LogP contribution in [0.15, 0.2) is 30.5 Å². The molecule has 5 heteroatoms. The summed E-state index contributed by atoms with van der Waals surface area (Å²) in [5, 5.41) is 12.1. The van der Waals surface area contributed by atoms with E-state index in [1.54, 1.807) is 12.3 Å². The zero-order valence-corrected chi connectivity index (χ0v) is 10.3. The number of nitrogens with zero attached hydrogens (tertiary/aromatic N) is 3. The molecular weight excluding hydrogens is 238 g/mol. The van der Waals surface area contributed by atoms with Crippen molar-refractivity contribution in [2.24, 2.45) is 0 Å². The fourth-order valence-electron chi connectivity index (χ4n) is 2.43. The summed E-state index contributed by atoms with van der Waals surface area (Å²) in [6.45, 7) is 0. The van der Waals surface area contributed by atoms with Crippen molar-refractivity contribution in [1.82, 2.24) is 9.97 Å². The Morgan fingerprint density at radius 2 is 2.26 bits per heavy atom. The highest BCUT2D eigenvalue weighted by Crippen LogP contribution is 2.34. The molecule has 1 aromatic heterocycles. The average molecular weight is 251 g/mol. The van der Waals surface area contributed by atoms with E-state index in [-0.39, 0.29) is 6.04 Å². The third kappa shape index (κ3) is 2.20. The minimum atomic E-state index is 0.185. The minimum Gasteiger partial charge on any atom is -0.399 e. The fourth-order valence-corrected chi connectivity index (χ4v) is 2.43. The van der Waals surface area contributed by atoms with Gasteiger partial charge in [0.1, 0.15) is 11.8 Å². The normalized spacial score (nSPS) is 16.7. The van der Waals surface area contributed by atoms with E-state index in [4.69, 9.17) is 11.0 Å². The molecule has 0 aliphatic heterocycles. The Hall–Kier alpha value is -2.61. The second kappa shape index (κ2) is 4.58. The lowest BCUT2D eigenvalue weighted by Crippen LogP contribution is -2.10. The van der Waals surface area contributed by atoms with Gasteiger partial charge in [-0.15, -0.1) is 0 Å². The maximum atomic E-state index is 8.83. The molecule has 1 unspecified atom stereocenters. The number of aryl methyl sites for hydroxylation is 1. The van der Waals surface area contributed by atoms with Crippen LogP contribution in [0.1, 0.15) is 29.3 Å². The highest BCUT2D eigenvalue weighted by Gasteiger charge is 2.22. The Kier molecular flexibility index (Phi) is 2.76. The van der Waals surface area contributed by atoms with E-state index >= 15 is 0 Å². The second-order valence-corrected chi connectivity index (χ2v) is 4.57. The van der Waals surface area contributed by atoms with Gasteiger partial charge >= 0.3 is 0 Å². The molecule has 94 valence electrons. The Morgan fingerprint density at radius 1 is 1.37 bits per heavy atom. The first-order valence-corrected chi connectivity index (χ1v) is 6.14. The van der Waals surface area contributed by atoms with Crippen molar-refractivity contribution in [3.8, 4) is 6.07 Å². The molecule has 0 bridgehead atoms. The molecule has 1 aromatic carbocycles. The number of benzene rings is 1. The molecule has 19 heavy (non-hydrogen) atoms. The highest BCUT2D eigenvalue weighted by molar-refractivity contribution is 5.49. The van der Waals surface area contributed by atoms with Gasteiger partial charge in [-0.25, -0.2) is 9.97 Å². The predicted octanol–water partition coefficient (Wildman–Crippen LogP) is 2.03. The van der Waals surface area contributed by atoms with Gasteiger partial charge in [0, 0.05) is 11.9 Å². The number of nitrogens with two attached hydrogens (primary N) is 1. The fraction of sp³-hybridized carbons (Fsp3) is 0.214. The summed E-state index contributed by atoms with van der Waals surface area (Å²) in [5.41, 5.74) is 9.46. The molecule has 0 radical (unpaired) electrons. The van der Waals surface area contributed by atoms with Crippen molar-refractivity contribution in [1.29, 1.82) is 5.26 Å². The van der Waals surface area contributed by atoms with Gasteiger partial charge in [-0.05, 0) is 42.2 Å². The Balaban J connectivity index is 1.85. The summed E-state index contributed by atoms with van der Waals surface area (Å²) in [4.78, 5) is 8.28. The van der Waals surface area contributed by atoms with Crippen molar-refractivity contribution in [3.63, 3.8) is 0 Å². The summed E-state index contributed by atoms with van der Waals surface area (Å²) in [6, 6.07) is 9.76. The SMILES string of the molecule is N#Cc1ccnc(NC2CCc3cc(N)ccc32)n1. The van der Waals surface area contributed by atoms with Crippen molar-refractivity contribution < 1.29 is 0 Å². The number of hydrogen-bond donors (Lipinski definition) is 2. The van der Waals surface area contributed by atoms with Gasteiger partial charge in [0.2, 0.25) is 5.95 Å². The molecule has 0 saturated heterocycles. The summed E-state index contributed by atoms with van der Waals surface area (Å²) < 4.78 is 0. The molecule has 3 rings (SSSR count). The van der Waals surface area contributed by atoms with Crippen LogP contribution < -0.4 is 11.1 Å². The molecular formula is C14H13N5. The maximum absolute atomic E-state index is 8.83. The smallest absolute Gasteiger partial charge is 0.224 e. The quantitative estimate of drug-likeness (QED) is 0.797. The number of aromatic nitrogens is 2. The first-order valence-electron chi connectivity index (χ1n) is 6.14. The summed E-state index contributed by atoms with van der Waals surface area (Å²) in [6.07, 6.45) is 3.57. The van der Waals surface area contributed by atoms with E-state index in [2.05, 4.69) is 15.3 Å². The van der Waals surface area contributed by atoms with Crippen molar-refractivity contribution >= 4 is 11.6 Å². The number of nitrogens with one attached hydrogen (secondary N) is 1. The zero-order valence-electron chi connectivity index (χ0n) is 10.3. The lowest BCUT2D eigenvalue weighted by Gasteiger charge is -2.14. The van der Waals surface area contributed by atoms with Gasteiger partial charge in [0.15, 0.2) is 0 Å². The highest BCUT2D eigenvalue weighted by atomic mass is 15.1. The third-order valence-electron chi connectivity index (χ3n) is 3.32. The van der Waals surface area contributed by atoms with Crippen LogP contribution in [0.3, 0.4) is 0 Å². The molecule has 0 fully saturated rings. The van der Waals surface area contributed by atoms with Crippen molar-refractivity contribution in [3.05, 3.63) is 47.3 Å². The van der Waals surface area contributed by atoms with E-state index < -0.39 is 0 Å². The largest absolute Gasteiger partial charge is 0.399 e. The predicted molar refractivity (Wildman–Crippen MR) is 72.3 cm³/mol. The molecule has 3 N–H and O–H groups in total. The topological polar surface area (TPSA) is 87.6 Å². The first kappa shape index (κ1) is 11.5. The molecule has 1 aliphatic carbocycles. The third-order valence-corrected chi connectivity index (χ3v) is 3.32. The Bertz CT molecular complexity index is 659. The molecule has 1 heterocycles. The van der Waals surface area contributed by atoms with Gasteiger partial charge in [-0.2, -0.15) is 5.26 Å². The van der Waals surface area contributed by atoms with Crippen LogP contribution in [0.2, 0.25) is 0 Å².